The van der Waals surface area contributed by atoms with Crippen LogP contribution in [0.5, 0.6) is 11.5 Å². The fourth-order valence-electron chi connectivity index (χ4n) is 8.77. The Labute approximate surface area is 388 Å². The maximum absolute atomic E-state index is 7.07. The number of nitrogens with zero attached hydrogens (tertiary/aromatic N) is 2. The molecule has 9 aromatic rings. The van der Waals surface area contributed by atoms with Crippen molar-refractivity contribution in [2.75, 3.05) is 4.90 Å². The summed E-state index contributed by atoms with van der Waals surface area (Å²) in [5.41, 5.74) is 14.8. The van der Waals surface area contributed by atoms with Gasteiger partial charge < -0.3 is 14.2 Å². The summed E-state index contributed by atoms with van der Waals surface area (Å²) in [4.78, 5) is 2.41. The number of hydrogen-bond donors (Lipinski definition) is 0. The van der Waals surface area contributed by atoms with E-state index < -0.39 is 0 Å². The number of hydrogen-bond acceptors (Lipinski definition) is 2. The smallest absolute Gasteiger partial charge is 0.129 e. The average Bonchev–Trinajstić information content (AvgIpc) is 3.60. The second-order valence-corrected chi connectivity index (χ2v) is 21.0. The number of fused-ring (bicyclic) bond motifs is 3. The van der Waals surface area contributed by atoms with Crippen LogP contribution in [0.3, 0.4) is 0 Å². The summed E-state index contributed by atoms with van der Waals surface area (Å²) in [6, 6.07) is 65.9. The molecule has 0 saturated carbocycles. The van der Waals surface area contributed by atoms with Crippen molar-refractivity contribution in [2.24, 2.45) is 0 Å². The fourth-order valence-corrected chi connectivity index (χ4v) is 9.16. The molecule has 0 bridgehead atoms. The lowest BCUT2D eigenvalue weighted by atomic mass is 9.85. The van der Waals surface area contributed by atoms with Gasteiger partial charge in [0.05, 0.1) is 22.4 Å². The zero-order valence-corrected chi connectivity index (χ0v) is 40.1. The van der Waals surface area contributed by atoms with Gasteiger partial charge >= 0.3 is 0 Å². The molecule has 0 fully saturated rings. The largest absolute Gasteiger partial charge is 0.457 e. The number of halogens is 1. The molecule has 0 aliphatic heterocycles. The second-order valence-electron chi connectivity index (χ2n) is 20.1. The minimum absolute atomic E-state index is 0.0256. The van der Waals surface area contributed by atoms with Crippen LogP contribution in [-0.2, 0) is 16.2 Å². The summed E-state index contributed by atoms with van der Waals surface area (Å²) in [7, 11) is 0. The number of anilines is 3. The molecule has 9 rings (SSSR count). The van der Waals surface area contributed by atoms with Crippen molar-refractivity contribution in [1.82, 2.24) is 4.57 Å². The summed E-state index contributed by atoms with van der Waals surface area (Å²) >= 11 is 3.83. The Morgan fingerprint density at radius 3 is 1.48 bits per heavy atom. The molecule has 1 aromatic heterocycles. The number of aromatic nitrogens is 1. The Hall–Kier alpha value is -6.36. The van der Waals surface area contributed by atoms with Crippen molar-refractivity contribution in [3.8, 4) is 39.4 Å². The molecule has 0 spiro atoms. The van der Waals surface area contributed by atoms with Crippen LogP contribution in [0.1, 0.15) is 79.0 Å². The third-order valence-electron chi connectivity index (χ3n) is 12.3. The highest BCUT2D eigenvalue weighted by atomic mass is 79.9. The highest BCUT2D eigenvalue weighted by Crippen LogP contribution is 2.49. The van der Waals surface area contributed by atoms with Gasteiger partial charge in [-0.2, -0.15) is 0 Å². The Morgan fingerprint density at radius 1 is 0.422 bits per heavy atom. The summed E-state index contributed by atoms with van der Waals surface area (Å²) in [5, 5.41) is 2.53. The highest BCUT2D eigenvalue weighted by molar-refractivity contribution is 9.10. The zero-order chi connectivity index (χ0) is 45.0. The molecule has 8 aromatic carbocycles. The van der Waals surface area contributed by atoms with E-state index in [0.29, 0.717) is 0 Å². The van der Waals surface area contributed by atoms with E-state index in [1.54, 1.807) is 0 Å². The molecule has 0 N–H and O–H groups in total. The van der Waals surface area contributed by atoms with E-state index in [4.69, 9.17) is 4.74 Å². The highest BCUT2D eigenvalue weighted by Gasteiger charge is 2.26. The SMILES string of the molecule is CC(C)(C)c1cc(Oc2cccc(-n3c4ccc(C(C)(C)C)cc4c4cc(C(C)(C)C)ccc43)c2)cc(N(c2cccc(Br)c2)c2c(-c3ccccc3)cccc2-c2ccccc2)c1. The third kappa shape index (κ3) is 8.52. The summed E-state index contributed by atoms with van der Waals surface area (Å²) in [6.45, 7) is 20.5. The Bertz CT molecular complexity index is 3010. The minimum atomic E-state index is -0.180. The first kappa shape index (κ1) is 42.9. The van der Waals surface area contributed by atoms with E-state index in [9.17, 15) is 0 Å². The van der Waals surface area contributed by atoms with Crippen LogP contribution in [0.25, 0.3) is 49.7 Å². The van der Waals surface area contributed by atoms with Crippen LogP contribution in [0.15, 0.2) is 186 Å². The Kier molecular flexibility index (Phi) is 11.2. The predicted molar refractivity (Wildman–Crippen MR) is 277 cm³/mol. The summed E-state index contributed by atoms with van der Waals surface area (Å²) < 4.78 is 10.5. The molecule has 0 atom stereocenters. The maximum atomic E-state index is 7.07. The summed E-state index contributed by atoms with van der Waals surface area (Å²) in [6.07, 6.45) is 0. The fraction of sp³-hybridized carbons (Fsp3) is 0.200. The van der Waals surface area contributed by atoms with E-state index >= 15 is 0 Å². The Morgan fingerprint density at radius 2 is 0.953 bits per heavy atom. The van der Waals surface area contributed by atoms with E-state index in [0.717, 1.165) is 61.0 Å². The first-order chi connectivity index (χ1) is 30.5. The standard InChI is InChI=1S/C60H57BrN2O/c1-58(2,3)42-29-31-55-53(35-42)54-36-43(59(4,5)6)30-32-56(54)63(55)47-25-17-26-49(38-47)64-50-34-44(60(7,8)9)33-48(39-50)62(46-24-16-23-45(61)37-46)57-51(40-19-12-10-13-20-40)27-18-28-52(57)41-21-14-11-15-22-41/h10-39H,1-9H3. The monoisotopic (exact) mass is 900 g/mol. The molecule has 1 heterocycles. The van der Waals surface area contributed by atoms with Crippen LogP contribution in [0.4, 0.5) is 17.1 Å². The molecule has 0 aliphatic rings. The lowest BCUT2D eigenvalue weighted by molar-refractivity contribution is 0.478. The van der Waals surface area contributed by atoms with Gasteiger partial charge in [0.1, 0.15) is 11.5 Å². The van der Waals surface area contributed by atoms with Gasteiger partial charge in [-0.05, 0) is 111 Å². The number of para-hydroxylation sites is 1. The molecule has 0 radical (unpaired) electrons. The Balaban J connectivity index is 1.23. The normalized spacial score (nSPS) is 12.2. The third-order valence-corrected chi connectivity index (χ3v) is 12.8. The van der Waals surface area contributed by atoms with Crippen molar-refractivity contribution in [1.29, 1.82) is 0 Å². The topological polar surface area (TPSA) is 17.4 Å². The quantitative estimate of drug-likeness (QED) is 0.151. The molecule has 3 nitrogen and oxygen atoms in total. The average molecular weight is 902 g/mol. The van der Waals surface area contributed by atoms with E-state index in [2.05, 4.69) is 270 Å². The molecule has 0 amide bonds. The lowest BCUT2D eigenvalue weighted by Crippen LogP contribution is -2.16. The molecular formula is C60H57BrN2O. The number of ether oxygens (including phenoxy) is 1. The molecule has 0 saturated heterocycles. The summed E-state index contributed by atoms with van der Waals surface area (Å²) in [5.74, 6) is 1.54. The van der Waals surface area contributed by atoms with Gasteiger partial charge in [-0.3, -0.25) is 0 Å². The van der Waals surface area contributed by atoms with Gasteiger partial charge in [0.25, 0.3) is 0 Å². The van der Waals surface area contributed by atoms with Crippen LogP contribution >= 0.6 is 15.9 Å². The van der Waals surface area contributed by atoms with Gasteiger partial charge in [0.2, 0.25) is 0 Å². The maximum Gasteiger partial charge on any atom is 0.129 e. The molecule has 4 heteroatoms. The number of rotatable bonds is 8. The predicted octanol–water partition coefficient (Wildman–Crippen LogP) is 18.0. The first-order valence-corrected chi connectivity index (χ1v) is 23.1. The van der Waals surface area contributed by atoms with Crippen molar-refractivity contribution in [2.45, 2.75) is 78.6 Å². The van der Waals surface area contributed by atoms with Crippen molar-refractivity contribution in [3.63, 3.8) is 0 Å². The van der Waals surface area contributed by atoms with Crippen LogP contribution in [0, 0.1) is 0 Å². The van der Waals surface area contributed by atoms with Gasteiger partial charge in [0.15, 0.2) is 0 Å². The second kappa shape index (κ2) is 16.6. The molecule has 0 unspecified atom stereocenters. The van der Waals surface area contributed by atoms with E-state index in [1.807, 2.05) is 0 Å². The molecule has 0 aliphatic carbocycles. The van der Waals surface area contributed by atoms with Gasteiger partial charge in [-0.25, -0.2) is 0 Å². The first-order valence-electron chi connectivity index (χ1n) is 22.4. The number of benzene rings is 8. The van der Waals surface area contributed by atoms with Crippen molar-refractivity contribution < 1.29 is 4.74 Å². The molecule has 64 heavy (non-hydrogen) atoms. The van der Waals surface area contributed by atoms with E-state index in [-0.39, 0.29) is 16.2 Å². The van der Waals surface area contributed by atoms with Crippen LogP contribution < -0.4 is 9.64 Å². The molecular weight excluding hydrogens is 845 g/mol. The van der Waals surface area contributed by atoms with Gasteiger partial charge in [-0.15, -0.1) is 0 Å². The lowest BCUT2D eigenvalue weighted by Gasteiger charge is -2.32. The minimum Gasteiger partial charge on any atom is -0.457 e. The van der Waals surface area contributed by atoms with Crippen LogP contribution in [0.2, 0.25) is 0 Å². The van der Waals surface area contributed by atoms with E-state index in [1.165, 1.54) is 38.5 Å². The zero-order valence-electron chi connectivity index (χ0n) is 38.5. The van der Waals surface area contributed by atoms with Gasteiger partial charge in [0, 0.05) is 49.9 Å². The van der Waals surface area contributed by atoms with Crippen LogP contribution in [-0.4, -0.2) is 4.57 Å². The van der Waals surface area contributed by atoms with Crippen molar-refractivity contribution >= 4 is 54.8 Å². The molecule has 320 valence electrons. The van der Waals surface area contributed by atoms with Gasteiger partial charge in [-0.1, -0.05) is 181 Å². The van der Waals surface area contributed by atoms with Crippen molar-refractivity contribution in [3.05, 3.63) is 203 Å².